The second-order valence-electron chi connectivity index (χ2n) is 4.61. The summed E-state index contributed by atoms with van der Waals surface area (Å²) < 4.78 is 15.3. The van der Waals surface area contributed by atoms with Crippen molar-refractivity contribution < 1.29 is 4.39 Å². The van der Waals surface area contributed by atoms with Gasteiger partial charge in [-0.3, -0.25) is 0 Å². The minimum atomic E-state index is -0.211. The summed E-state index contributed by atoms with van der Waals surface area (Å²) in [5.74, 6) is -0.211. The number of benzene rings is 3. The molecule has 0 saturated heterocycles. The quantitative estimate of drug-likeness (QED) is 0.386. The third kappa shape index (κ3) is 2.90. The number of hydrogen-bond donors (Lipinski definition) is 0. The highest BCUT2D eigenvalue weighted by Gasteiger charge is 2.01. The zero-order chi connectivity index (χ0) is 13.9. The van der Waals surface area contributed by atoms with E-state index in [9.17, 15) is 4.39 Å². The molecule has 0 aromatic heterocycles. The van der Waals surface area contributed by atoms with Gasteiger partial charge in [0, 0.05) is 9.13 Å². The maximum atomic E-state index is 14.2. The van der Waals surface area contributed by atoms with Crippen molar-refractivity contribution in [2.24, 2.45) is 0 Å². The summed E-state index contributed by atoms with van der Waals surface area (Å²) >= 11 is 2.21. The summed E-state index contributed by atoms with van der Waals surface area (Å²) in [7, 11) is 0. The van der Waals surface area contributed by atoms with Gasteiger partial charge in [-0.1, -0.05) is 48.5 Å². The van der Waals surface area contributed by atoms with Crippen molar-refractivity contribution in [2.45, 2.75) is 0 Å². The molecule has 0 heterocycles. The molecule has 0 radical (unpaired) electrons. The van der Waals surface area contributed by atoms with E-state index in [0.29, 0.717) is 5.56 Å². The fourth-order valence-electron chi connectivity index (χ4n) is 2.14. The van der Waals surface area contributed by atoms with E-state index in [2.05, 4.69) is 28.7 Å². The van der Waals surface area contributed by atoms with Gasteiger partial charge in [0.1, 0.15) is 5.83 Å². The molecule has 0 saturated carbocycles. The minimum Gasteiger partial charge on any atom is -0.206 e. The van der Waals surface area contributed by atoms with Gasteiger partial charge in [0.15, 0.2) is 0 Å². The standard InChI is InChI=1S/C18H12FI/c19-18(15-7-9-17(20)10-8-15)12-13-5-6-14-3-1-2-4-16(14)11-13/h1-12H/b18-12+. The van der Waals surface area contributed by atoms with Crippen molar-refractivity contribution in [3.63, 3.8) is 0 Å². The van der Waals surface area contributed by atoms with Crippen LogP contribution in [0, 0.1) is 3.57 Å². The van der Waals surface area contributed by atoms with Crippen molar-refractivity contribution in [2.75, 3.05) is 0 Å². The first kappa shape index (κ1) is 13.3. The Labute approximate surface area is 131 Å². The molecule has 0 nitrogen and oxygen atoms in total. The van der Waals surface area contributed by atoms with Gasteiger partial charge in [-0.15, -0.1) is 0 Å². The van der Waals surface area contributed by atoms with Gasteiger partial charge in [-0.25, -0.2) is 4.39 Å². The third-order valence-corrected chi connectivity index (χ3v) is 3.91. The van der Waals surface area contributed by atoms with Crippen LogP contribution in [0.2, 0.25) is 0 Å². The van der Waals surface area contributed by atoms with Crippen LogP contribution in [0.3, 0.4) is 0 Å². The lowest BCUT2D eigenvalue weighted by Gasteiger charge is -2.01. The Bertz CT molecular complexity index is 773. The van der Waals surface area contributed by atoms with Crippen LogP contribution in [0.15, 0.2) is 66.7 Å². The molecule has 0 amide bonds. The predicted molar refractivity (Wildman–Crippen MR) is 92.1 cm³/mol. The van der Waals surface area contributed by atoms with Gasteiger partial charge in [0.2, 0.25) is 0 Å². The molecule has 0 fully saturated rings. The Morgan fingerprint density at radius 3 is 2.30 bits per heavy atom. The van der Waals surface area contributed by atoms with Crippen LogP contribution in [0.5, 0.6) is 0 Å². The van der Waals surface area contributed by atoms with Gasteiger partial charge in [-0.05, 0) is 63.2 Å². The molecule has 0 atom stereocenters. The molecule has 0 N–H and O–H groups in total. The van der Waals surface area contributed by atoms with Crippen LogP contribution in [-0.4, -0.2) is 0 Å². The van der Waals surface area contributed by atoms with Crippen LogP contribution in [0.4, 0.5) is 4.39 Å². The first-order chi connectivity index (χ1) is 9.72. The highest BCUT2D eigenvalue weighted by Crippen LogP contribution is 2.23. The topological polar surface area (TPSA) is 0 Å². The van der Waals surface area contributed by atoms with Crippen molar-refractivity contribution in [3.05, 3.63) is 81.4 Å². The maximum absolute atomic E-state index is 14.2. The Morgan fingerprint density at radius 1 is 0.850 bits per heavy atom. The van der Waals surface area contributed by atoms with Crippen LogP contribution in [0.25, 0.3) is 22.7 Å². The van der Waals surface area contributed by atoms with Gasteiger partial charge >= 0.3 is 0 Å². The van der Waals surface area contributed by atoms with Gasteiger partial charge < -0.3 is 0 Å². The molecule has 0 aliphatic carbocycles. The SMILES string of the molecule is F/C(=C/c1ccc2ccccc2c1)c1ccc(I)cc1. The average Bonchev–Trinajstić information content (AvgIpc) is 2.48. The molecule has 3 rings (SSSR count). The predicted octanol–water partition coefficient (Wildman–Crippen LogP) is 5.91. The largest absolute Gasteiger partial charge is 0.206 e. The van der Waals surface area contributed by atoms with E-state index in [0.717, 1.165) is 14.5 Å². The number of rotatable bonds is 2. The van der Waals surface area contributed by atoms with Crippen molar-refractivity contribution in [3.8, 4) is 0 Å². The molecular weight excluding hydrogens is 362 g/mol. The Kier molecular flexibility index (Phi) is 3.83. The lowest BCUT2D eigenvalue weighted by molar-refractivity contribution is 0.765. The Hall–Kier alpha value is -1.68. The van der Waals surface area contributed by atoms with Crippen LogP contribution < -0.4 is 0 Å². The molecule has 3 aromatic carbocycles. The fourth-order valence-corrected chi connectivity index (χ4v) is 2.50. The van der Waals surface area contributed by atoms with E-state index in [1.54, 1.807) is 18.2 Å². The monoisotopic (exact) mass is 374 g/mol. The maximum Gasteiger partial charge on any atom is 0.131 e. The molecule has 2 heteroatoms. The minimum absolute atomic E-state index is 0.211. The molecule has 20 heavy (non-hydrogen) atoms. The summed E-state index contributed by atoms with van der Waals surface area (Å²) in [6, 6.07) is 21.5. The van der Waals surface area contributed by atoms with Gasteiger partial charge in [-0.2, -0.15) is 0 Å². The van der Waals surface area contributed by atoms with Crippen LogP contribution in [-0.2, 0) is 0 Å². The van der Waals surface area contributed by atoms with E-state index in [-0.39, 0.29) is 5.83 Å². The average molecular weight is 374 g/mol. The highest BCUT2D eigenvalue weighted by molar-refractivity contribution is 14.1. The van der Waals surface area contributed by atoms with E-state index in [1.165, 1.54) is 5.39 Å². The number of halogens is 2. The molecule has 98 valence electrons. The summed E-state index contributed by atoms with van der Waals surface area (Å²) in [6.45, 7) is 0. The summed E-state index contributed by atoms with van der Waals surface area (Å²) in [4.78, 5) is 0. The first-order valence-electron chi connectivity index (χ1n) is 6.34. The van der Waals surface area contributed by atoms with E-state index in [1.807, 2.05) is 48.5 Å². The zero-order valence-electron chi connectivity index (χ0n) is 10.7. The Balaban J connectivity index is 1.98. The van der Waals surface area contributed by atoms with Crippen molar-refractivity contribution in [1.29, 1.82) is 0 Å². The van der Waals surface area contributed by atoms with Crippen molar-refractivity contribution in [1.82, 2.24) is 0 Å². The normalized spacial score (nSPS) is 11.8. The summed E-state index contributed by atoms with van der Waals surface area (Å²) in [5, 5.41) is 2.29. The fraction of sp³-hybridized carbons (Fsp3) is 0. The zero-order valence-corrected chi connectivity index (χ0v) is 12.8. The molecule has 0 unspecified atom stereocenters. The lowest BCUT2D eigenvalue weighted by Crippen LogP contribution is -1.80. The summed E-state index contributed by atoms with van der Waals surface area (Å²) in [5.41, 5.74) is 1.48. The molecule has 0 aliphatic heterocycles. The lowest BCUT2D eigenvalue weighted by atomic mass is 10.1. The van der Waals surface area contributed by atoms with Gasteiger partial charge in [0.05, 0.1) is 0 Å². The van der Waals surface area contributed by atoms with Gasteiger partial charge in [0.25, 0.3) is 0 Å². The molecule has 3 aromatic rings. The number of hydrogen-bond acceptors (Lipinski definition) is 0. The molecule has 0 bridgehead atoms. The number of fused-ring (bicyclic) bond motifs is 1. The van der Waals surface area contributed by atoms with Crippen molar-refractivity contribution >= 4 is 45.3 Å². The smallest absolute Gasteiger partial charge is 0.131 e. The molecule has 0 aliphatic rings. The first-order valence-corrected chi connectivity index (χ1v) is 7.42. The van der Waals surface area contributed by atoms with Crippen LogP contribution >= 0.6 is 22.6 Å². The Morgan fingerprint density at radius 2 is 1.55 bits per heavy atom. The second-order valence-corrected chi connectivity index (χ2v) is 5.85. The summed E-state index contributed by atoms with van der Waals surface area (Å²) in [6.07, 6.45) is 1.58. The second kappa shape index (κ2) is 5.75. The van der Waals surface area contributed by atoms with E-state index < -0.39 is 0 Å². The molecular formula is C18H12FI. The molecule has 0 spiro atoms. The van der Waals surface area contributed by atoms with E-state index in [4.69, 9.17) is 0 Å². The van der Waals surface area contributed by atoms with Crippen LogP contribution in [0.1, 0.15) is 11.1 Å². The van der Waals surface area contributed by atoms with E-state index >= 15 is 0 Å². The third-order valence-electron chi connectivity index (χ3n) is 3.19. The highest BCUT2D eigenvalue weighted by atomic mass is 127.